The Morgan fingerprint density at radius 1 is 1.32 bits per heavy atom. The van der Waals surface area contributed by atoms with Gasteiger partial charge < -0.3 is 14.8 Å². The zero-order valence-corrected chi connectivity index (χ0v) is 16.0. The minimum absolute atomic E-state index is 0.0602. The summed E-state index contributed by atoms with van der Waals surface area (Å²) in [5, 5.41) is 3.00. The molecule has 1 fully saturated rings. The standard InChI is InChI=1S/C20H32N2O3/c1-15(2)22(16(3)4)11-10-21-20(23)17-7-5-8-18(13-17)25-14-19-9-6-12-24-19/h5,7-8,13,15-16,19H,6,9-12,14H2,1-4H3,(H,21,23). The van der Waals surface area contributed by atoms with Gasteiger partial charge in [0.15, 0.2) is 0 Å². The minimum Gasteiger partial charge on any atom is -0.491 e. The highest BCUT2D eigenvalue weighted by Crippen LogP contribution is 2.17. The molecule has 1 aliphatic rings. The maximum absolute atomic E-state index is 12.4. The Hall–Kier alpha value is -1.59. The van der Waals surface area contributed by atoms with Crippen LogP contribution >= 0.6 is 0 Å². The average molecular weight is 348 g/mol. The molecule has 1 aliphatic heterocycles. The molecule has 0 radical (unpaired) electrons. The molecule has 1 aromatic rings. The van der Waals surface area contributed by atoms with E-state index in [-0.39, 0.29) is 12.0 Å². The molecule has 140 valence electrons. The van der Waals surface area contributed by atoms with Crippen LogP contribution in [0, 0.1) is 0 Å². The van der Waals surface area contributed by atoms with Gasteiger partial charge in [-0.1, -0.05) is 6.07 Å². The van der Waals surface area contributed by atoms with Gasteiger partial charge in [-0.05, 0) is 58.7 Å². The highest BCUT2D eigenvalue weighted by Gasteiger charge is 2.17. The summed E-state index contributed by atoms with van der Waals surface area (Å²) in [7, 11) is 0. The van der Waals surface area contributed by atoms with E-state index < -0.39 is 0 Å². The molecule has 1 unspecified atom stereocenters. The fourth-order valence-corrected chi connectivity index (χ4v) is 3.21. The van der Waals surface area contributed by atoms with Crippen LogP contribution in [0.3, 0.4) is 0 Å². The zero-order valence-electron chi connectivity index (χ0n) is 16.0. The maximum Gasteiger partial charge on any atom is 0.251 e. The van der Waals surface area contributed by atoms with Crippen molar-refractivity contribution < 1.29 is 14.3 Å². The lowest BCUT2D eigenvalue weighted by molar-refractivity contribution is 0.0679. The summed E-state index contributed by atoms with van der Waals surface area (Å²) in [5.41, 5.74) is 0.630. The fourth-order valence-electron chi connectivity index (χ4n) is 3.21. The third-order valence-electron chi connectivity index (χ3n) is 4.54. The summed E-state index contributed by atoms with van der Waals surface area (Å²) in [6, 6.07) is 8.28. The largest absolute Gasteiger partial charge is 0.491 e. The first-order valence-electron chi connectivity index (χ1n) is 9.35. The number of nitrogens with zero attached hydrogens (tertiary/aromatic N) is 1. The van der Waals surface area contributed by atoms with Crippen molar-refractivity contribution in [2.24, 2.45) is 0 Å². The molecule has 1 aromatic carbocycles. The van der Waals surface area contributed by atoms with Crippen LogP contribution in [-0.2, 0) is 4.74 Å². The van der Waals surface area contributed by atoms with Crippen molar-refractivity contribution in [3.05, 3.63) is 29.8 Å². The lowest BCUT2D eigenvalue weighted by Gasteiger charge is -2.30. The van der Waals surface area contributed by atoms with Crippen LogP contribution in [0.15, 0.2) is 24.3 Å². The molecule has 0 bridgehead atoms. The van der Waals surface area contributed by atoms with Crippen molar-refractivity contribution in [2.45, 2.75) is 58.7 Å². The molecule has 0 saturated carbocycles. The predicted molar refractivity (Wildman–Crippen MR) is 100 cm³/mol. The van der Waals surface area contributed by atoms with Gasteiger partial charge in [0.2, 0.25) is 0 Å². The molecule has 1 atom stereocenters. The van der Waals surface area contributed by atoms with Gasteiger partial charge in [0.25, 0.3) is 5.91 Å². The molecule has 1 amide bonds. The molecule has 25 heavy (non-hydrogen) atoms. The Morgan fingerprint density at radius 3 is 2.72 bits per heavy atom. The Morgan fingerprint density at radius 2 is 2.08 bits per heavy atom. The van der Waals surface area contributed by atoms with Gasteiger partial charge in [0, 0.05) is 37.3 Å². The number of amides is 1. The third kappa shape index (κ3) is 6.33. The molecule has 0 aromatic heterocycles. The van der Waals surface area contributed by atoms with E-state index in [0.29, 0.717) is 36.5 Å². The molecule has 1 saturated heterocycles. The summed E-state index contributed by atoms with van der Waals surface area (Å²) in [6.45, 7) is 11.6. The topological polar surface area (TPSA) is 50.8 Å². The number of ether oxygens (including phenoxy) is 2. The number of hydrogen-bond donors (Lipinski definition) is 1. The third-order valence-corrected chi connectivity index (χ3v) is 4.54. The van der Waals surface area contributed by atoms with E-state index in [1.807, 2.05) is 18.2 Å². The van der Waals surface area contributed by atoms with Crippen LogP contribution in [0.4, 0.5) is 0 Å². The van der Waals surface area contributed by atoms with E-state index in [1.165, 1.54) is 0 Å². The highest BCUT2D eigenvalue weighted by atomic mass is 16.5. The van der Waals surface area contributed by atoms with Gasteiger partial charge in [-0.3, -0.25) is 9.69 Å². The van der Waals surface area contributed by atoms with E-state index in [0.717, 1.165) is 26.0 Å². The van der Waals surface area contributed by atoms with Gasteiger partial charge in [0.05, 0.1) is 6.10 Å². The van der Waals surface area contributed by atoms with Crippen LogP contribution in [0.1, 0.15) is 50.9 Å². The first-order chi connectivity index (χ1) is 12.0. The van der Waals surface area contributed by atoms with Gasteiger partial charge >= 0.3 is 0 Å². The summed E-state index contributed by atoms with van der Waals surface area (Å²) >= 11 is 0. The summed E-state index contributed by atoms with van der Waals surface area (Å²) in [5.74, 6) is 0.657. The minimum atomic E-state index is -0.0602. The Balaban J connectivity index is 1.81. The van der Waals surface area contributed by atoms with Crippen molar-refractivity contribution in [1.29, 1.82) is 0 Å². The fraction of sp³-hybridized carbons (Fsp3) is 0.650. The lowest BCUT2D eigenvalue weighted by Crippen LogP contribution is -2.42. The van der Waals surface area contributed by atoms with Crippen LogP contribution in [0.2, 0.25) is 0 Å². The van der Waals surface area contributed by atoms with Gasteiger partial charge in [0.1, 0.15) is 12.4 Å². The number of carbonyl (C=O) groups excluding carboxylic acids is 1. The Bertz CT molecular complexity index is 531. The maximum atomic E-state index is 12.4. The lowest BCUT2D eigenvalue weighted by atomic mass is 10.2. The second kappa shape index (κ2) is 9.78. The first-order valence-corrected chi connectivity index (χ1v) is 9.35. The smallest absolute Gasteiger partial charge is 0.251 e. The number of benzene rings is 1. The van der Waals surface area contributed by atoms with E-state index in [9.17, 15) is 4.79 Å². The Labute approximate surface area is 151 Å². The van der Waals surface area contributed by atoms with E-state index in [2.05, 4.69) is 37.9 Å². The molecule has 0 spiro atoms. The van der Waals surface area contributed by atoms with Crippen molar-refractivity contribution in [2.75, 3.05) is 26.3 Å². The SMILES string of the molecule is CC(C)N(CCNC(=O)c1cccc(OCC2CCCO2)c1)C(C)C. The number of carbonyl (C=O) groups is 1. The van der Waals surface area contributed by atoms with E-state index in [4.69, 9.17) is 9.47 Å². The summed E-state index contributed by atoms with van der Waals surface area (Å²) < 4.78 is 11.3. The quantitative estimate of drug-likeness (QED) is 0.745. The van der Waals surface area contributed by atoms with Crippen LogP contribution < -0.4 is 10.1 Å². The van der Waals surface area contributed by atoms with Crippen molar-refractivity contribution in [3.63, 3.8) is 0 Å². The Kier molecular flexibility index (Phi) is 7.72. The van der Waals surface area contributed by atoms with Crippen molar-refractivity contribution in [1.82, 2.24) is 10.2 Å². The molecule has 2 rings (SSSR count). The molecule has 5 heteroatoms. The van der Waals surface area contributed by atoms with Crippen molar-refractivity contribution in [3.8, 4) is 5.75 Å². The summed E-state index contributed by atoms with van der Waals surface area (Å²) in [6.07, 6.45) is 2.32. The molecule has 1 heterocycles. The van der Waals surface area contributed by atoms with Gasteiger partial charge in [-0.15, -0.1) is 0 Å². The second-order valence-electron chi connectivity index (χ2n) is 7.16. The number of rotatable bonds is 9. The molecular weight excluding hydrogens is 316 g/mol. The first kappa shape index (κ1) is 19.7. The molecule has 0 aliphatic carbocycles. The monoisotopic (exact) mass is 348 g/mol. The summed E-state index contributed by atoms with van der Waals surface area (Å²) in [4.78, 5) is 14.7. The van der Waals surface area contributed by atoms with Gasteiger partial charge in [-0.25, -0.2) is 0 Å². The van der Waals surface area contributed by atoms with Crippen LogP contribution in [-0.4, -0.2) is 55.3 Å². The molecule has 5 nitrogen and oxygen atoms in total. The van der Waals surface area contributed by atoms with E-state index in [1.54, 1.807) is 6.07 Å². The van der Waals surface area contributed by atoms with Crippen LogP contribution in [0.5, 0.6) is 5.75 Å². The van der Waals surface area contributed by atoms with Gasteiger partial charge in [-0.2, -0.15) is 0 Å². The predicted octanol–water partition coefficient (Wildman–Crippen LogP) is 3.09. The highest BCUT2D eigenvalue weighted by molar-refractivity contribution is 5.94. The number of nitrogens with one attached hydrogen (secondary N) is 1. The van der Waals surface area contributed by atoms with E-state index >= 15 is 0 Å². The van der Waals surface area contributed by atoms with Crippen LogP contribution in [0.25, 0.3) is 0 Å². The zero-order chi connectivity index (χ0) is 18.2. The molecule has 1 N–H and O–H groups in total. The van der Waals surface area contributed by atoms with Crippen molar-refractivity contribution >= 4 is 5.91 Å². The average Bonchev–Trinajstić information content (AvgIpc) is 3.09. The second-order valence-corrected chi connectivity index (χ2v) is 7.16. The molecular formula is C20H32N2O3. The number of hydrogen-bond acceptors (Lipinski definition) is 4. The normalized spacial score (nSPS) is 17.5.